The molecule has 10 heteroatoms. The minimum Gasteiger partial charge on any atom is -0.497 e. The monoisotopic (exact) mass is 438 g/mol. The van der Waals surface area contributed by atoms with E-state index in [1.807, 2.05) is 29.6 Å². The number of hydrogen-bond donors (Lipinski definition) is 1. The topological polar surface area (TPSA) is 115 Å². The highest BCUT2D eigenvalue weighted by Crippen LogP contribution is 2.32. The first-order valence-corrected chi connectivity index (χ1v) is 10.2. The third-order valence-corrected chi connectivity index (χ3v) is 6.08. The molecule has 1 unspecified atom stereocenters. The summed E-state index contributed by atoms with van der Waals surface area (Å²) >= 11 is 1.42. The minimum absolute atomic E-state index is 0.0277. The van der Waals surface area contributed by atoms with Crippen molar-refractivity contribution in [1.29, 1.82) is 0 Å². The van der Waals surface area contributed by atoms with E-state index in [0.717, 1.165) is 21.2 Å². The number of amides is 3. The van der Waals surface area contributed by atoms with Crippen LogP contribution in [0.15, 0.2) is 53.9 Å². The van der Waals surface area contributed by atoms with Crippen LogP contribution in [0.25, 0.3) is 10.6 Å². The van der Waals surface area contributed by atoms with Crippen molar-refractivity contribution in [2.45, 2.75) is 19.0 Å². The number of methoxy groups -OCH3 is 1. The van der Waals surface area contributed by atoms with Gasteiger partial charge in [-0.2, -0.15) is 0 Å². The number of aromatic nitrogens is 1. The Morgan fingerprint density at radius 3 is 2.45 bits per heavy atom. The molecule has 158 valence electrons. The van der Waals surface area contributed by atoms with Crippen LogP contribution in [0.4, 0.5) is 10.5 Å². The fourth-order valence-electron chi connectivity index (χ4n) is 3.36. The zero-order chi connectivity index (χ0) is 22.2. The molecule has 1 aliphatic heterocycles. The molecule has 0 spiro atoms. The lowest BCUT2D eigenvalue weighted by Gasteiger charge is -2.21. The molecule has 0 radical (unpaired) electrons. The number of nitrogens with zero attached hydrogens (tertiary/aromatic N) is 3. The number of urea groups is 1. The number of benzene rings is 2. The van der Waals surface area contributed by atoms with Gasteiger partial charge in [-0.3, -0.25) is 19.8 Å². The molecule has 31 heavy (non-hydrogen) atoms. The average Bonchev–Trinajstić information content (AvgIpc) is 3.33. The predicted molar refractivity (Wildman–Crippen MR) is 114 cm³/mol. The second-order valence-corrected chi connectivity index (χ2v) is 7.98. The van der Waals surface area contributed by atoms with Crippen LogP contribution in [-0.4, -0.2) is 33.9 Å². The predicted octanol–water partition coefficient (Wildman–Crippen LogP) is 3.69. The number of thiazole rings is 1. The quantitative estimate of drug-likeness (QED) is 0.357. The van der Waals surface area contributed by atoms with E-state index in [9.17, 15) is 19.7 Å². The minimum atomic E-state index is -1.30. The molecule has 1 atom stereocenters. The molecular formula is C21H18N4O5S. The van der Waals surface area contributed by atoms with Crippen LogP contribution in [-0.2, 0) is 16.9 Å². The first kappa shape index (κ1) is 20.5. The number of rotatable bonds is 6. The molecule has 0 saturated carbocycles. The van der Waals surface area contributed by atoms with E-state index in [2.05, 4.69) is 10.3 Å². The lowest BCUT2D eigenvalue weighted by Crippen LogP contribution is -2.40. The third kappa shape index (κ3) is 3.73. The molecule has 0 aliphatic carbocycles. The number of nitro benzene ring substituents is 1. The van der Waals surface area contributed by atoms with E-state index < -0.39 is 22.4 Å². The first-order chi connectivity index (χ1) is 14.8. The highest BCUT2D eigenvalue weighted by atomic mass is 32.1. The maximum absolute atomic E-state index is 13.1. The standard InChI is InChI=1S/C21H18N4O5S/c1-21(14-5-7-16(8-6-14)25(28)29)19(26)24(20(27)23-21)11-15-12-31-18(22-15)13-3-9-17(30-2)10-4-13/h3-10,12H,11H2,1-2H3,(H,23,27). The van der Waals surface area contributed by atoms with Gasteiger partial charge in [-0.05, 0) is 48.9 Å². The van der Waals surface area contributed by atoms with Gasteiger partial charge in [-0.25, -0.2) is 9.78 Å². The summed E-state index contributed by atoms with van der Waals surface area (Å²) in [5.41, 5.74) is 0.573. The number of carbonyl (C=O) groups is 2. The van der Waals surface area contributed by atoms with Crippen molar-refractivity contribution in [2.75, 3.05) is 7.11 Å². The van der Waals surface area contributed by atoms with Crippen molar-refractivity contribution < 1.29 is 19.2 Å². The van der Waals surface area contributed by atoms with Gasteiger partial charge in [0.2, 0.25) is 0 Å². The first-order valence-electron chi connectivity index (χ1n) is 9.29. The number of carbonyl (C=O) groups excluding carboxylic acids is 2. The molecule has 1 saturated heterocycles. The number of nitrogens with one attached hydrogen (secondary N) is 1. The molecule has 4 rings (SSSR count). The second-order valence-electron chi connectivity index (χ2n) is 7.12. The summed E-state index contributed by atoms with van der Waals surface area (Å²) in [6.07, 6.45) is 0. The summed E-state index contributed by atoms with van der Waals surface area (Å²) in [4.78, 5) is 41.6. The van der Waals surface area contributed by atoms with Crippen LogP contribution in [0.1, 0.15) is 18.2 Å². The number of hydrogen-bond acceptors (Lipinski definition) is 7. The Kier molecular flexibility index (Phi) is 5.15. The molecular weight excluding hydrogens is 420 g/mol. The van der Waals surface area contributed by atoms with Gasteiger partial charge in [0.1, 0.15) is 16.3 Å². The van der Waals surface area contributed by atoms with E-state index in [0.29, 0.717) is 11.3 Å². The summed E-state index contributed by atoms with van der Waals surface area (Å²) in [5.74, 6) is 0.302. The normalized spacial score (nSPS) is 18.2. The van der Waals surface area contributed by atoms with Gasteiger partial charge >= 0.3 is 6.03 Å². The van der Waals surface area contributed by atoms with Crippen molar-refractivity contribution in [3.05, 3.63) is 75.3 Å². The lowest BCUT2D eigenvalue weighted by atomic mass is 9.92. The Hall–Kier alpha value is -3.79. The second kappa shape index (κ2) is 7.80. The van der Waals surface area contributed by atoms with Crippen molar-refractivity contribution in [3.63, 3.8) is 0 Å². The van der Waals surface area contributed by atoms with Crippen molar-refractivity contribution in [1.82, 2.24) is 15.2 Å². The van der Waals surface area contributed by atoms with Gasteiger partial charge in [-0.15, -0.1) is 11.3 Å². The summed E-state index contributed by atoms with van der Waals surface area (Å²) < 4.78 is 5.16. The largest absolute Gasteiger partial charge is 0.497 e. The summed E-state index contributed by atoms with van der Waals surface area (Å²) in [5, 5.41) is 16.1. The summed E-state index contributed by atoms with van der Waals surface area (Å²) in [6.45, 7) is 1.61. The van der Waals surface area contributed by atoms with Gasteiger partial charge in [0.25, 0.3) is 11.6 Å². The highest BCUT2D eigenvalue weighted by Gasteiger charge is 2.49. The van der Waals surface area contributed by atoms with Crippen molar-refractivity contribution in [3.8, 4) is 16.3 Å². The van der Waals surface area contributed by atoms with Gasteiger partial charge in [0, 0.05) is 23.1 Å². The molecule has 1 N–H and O–H groups in total. The van der Waals surface area contributed by atoms with E-state index in [-0.39, 0.29) is 12.2 Å². The molecule has 3 amide bonds. The Morgan fingerprint density at radius 1 is 1.16 bits per heavy atom. The zero-order valence-corrected chi connectivity index (χ0v) is 17.5. The third-order valence-electron chi connectivity index (χ3n) is 5.14. The van der Waals surface area contributed by atoms with E-state index in [1.54, 1.807) is 14.0 Å². The summed E-state index contributed by atoms with van der Waals surface area (Å²) in [7, 11) is 1.60. The Labute approximate surface area is 181 Å². The molecule has 3 aromatic rings. The molecule has 2 aromatic carbocycles. The van der Waals surface area contributed by atoms with Crippen LogP contribution in [0.5, 0.6) is 5.75 Å². The van der Waals surface area contributed by atoms with Gasteiger partial charge in [0.05, 0.1) is 24.3 Å². The Morgan fingerprint density at radius 2 is 1.84 bits per heavy atom. The lowest BCUT2D eigenvalue weighted by molar-refractivity contribution is -0.384. The number of nitro groups is 1. The van der Waals surface area contributed by atoms with Crippen LogP contribution < -0.4 is 10.1 Å². The Balaban J connectivity index is 1.53. The fraction of sp³-hybridized carbons (Fsp3) is 0.190. The molecule has 1 aromatic heterocycles. The molecule has 2 heterocycles. The Bertz CT molecular complexity index is 1160. The number of non-ortho nitro benzene ring substituents is 1. The highest BCUT2D eigenvalue weighted by molar-refractivity contribution is 7.13. The molecule has 1 fully saturated rings. The SMILES string of the molecule is COc1ccc(-c2nc(CN3C(=O)NC(C)(c4ccc([N+](=O)[O-])cc4)C3=O)cs2)cc1. The maximum atomic E-state index is 13.1. The summed E-state index contributed by atoms with van der Waals surface area (Å²) in [6, 6.07) is 12.5. The van der Waals surface area contributed by atoms with E-state index in [4.69, 9.17) is 4.74 Å². The molecule has 9 nitrogen and oxygen atoms in total. The van der Waals surface area contributed by atoms with Crippen LogP contribution in [0, 0.1) is 10.1 Å². The zero-order valence-electron chi connectivity index (χ0n) is 16.7. The maximum Gasteiger partial charge on any atom is 0.325 e. The van der Waals surface area contributed by atoms with E-state index in [1.165, 1.54) is 35.6 Å². The number of imide groups is 1. The fourth-order valence-corrected chi connectivity index (χ4v) is 4.18. The smallest absolute Gasteiger partial charge is 0.325 e. The van der Waals surface area contributed by atoms with Crippen LogP contribution >= 0.6 is 11.3 Å². The van der Waals surface area contributed by atoms with Crippen LogP contribution in [0.2, 0.25) is 0 Å². The molecule has 0 bridgehead atoms. The molecule has 1 aliphatic rings. The number of ether oxygens (including phenoxy) is 1. The van der Waals surface area contributed by atoms with Gasteiger partial charge in [0.15, 0.2) is 0 Å². The van der Waals surface area contributed by atoms with E-state index >= 15 is 0 Å². The van der Waals surface area contributed by atoms with Gasteiger partial charge in [-0.1, -0.05) is 0 Å². The average molecular weight is 438 g/mol. The van der Waals surface area contributed by atoms with Crippen molar-refractivity contribution in [2.24, 2.45) is 0 Å². The van der Waals surface area contributed by atoms with Crippen molar-refractivity contribution >= 4 is 29.0 Å². The van der Waals surface area contributed by atoms with Gasteiger partial charge < -0.3 is 10.1 Å². The van der Waals surface area contributed by atoms with Crippen LogP contribution in [0.3, 0.4) is 0 Å².